The molecule has 0 fully saturated rings. The third-order valence-corrected chi connectivity index (χ3v) is 3.75. The number of nitrogens with one attached hydrogen (secondary N) is 1. The summed E-state index contributed by atoms with van der Waals surface area (Å²) in [7, 11) is 1.63. The largest absolute Gasteiger partial charge is 0.480 e. The van der Waals surface area contributed by atoms with Crippen molar-refractivity contribution < 1.29 is 9.84 Å². The highest BCUT2D eigenvalue weighted by atomic mass is 32.1. The first-order valence-electron chi connectivity index (χ1n) is 5.92. The molecule has 2 aromatic rings. The number of aliphatic hydroxyl groups is 1. The molecule has 0 aliphatic rings. The van der Waals surface area contributed by atoms with Crippen molar-refractivity contribution in [3.05, 3.63) is 17.3 Å². The fraction of sp³-hybridized carbons (Fsp3) is 0.583. The Morgan fingerprint density at radius 3 is 3.00 bits per heavy atom. The zero-order valence-electron chi connectivity index (χ0n) is 10.9. The van der Waals surface area contributed by atoms with Gasteiger partial charge in [0.2, 0.25) is 5.88 Å². The Morgan fingerprint density at radius 1 is 1.56 bits per heavy atom. The van der Waals surface area contributed by atoms with Gasteiger partial charge in [0.05, 0.1) is 7.11 Å². The number of ether oxygens (including phenoxy) is 1. The van der Waals surface area contributed by atoms with E-state index in [4.69, 9.17) is 9.84 Å². The number of thiazole rings is 1. The predicted molar refractivity (Wildman–Crippen MR) is 72.2 cm³/mol. The lowest BCUT2D eigenvalue weighted by atomic mass is 10.0. The van der Waals surface area contributed by atoms with Gasteiger partial charge in [-0.1, -0.05) is 0 Å². The molecule has 0 radical (unpaired) electrons. The van der Waals surface area contributed by atoms with Crippen molar-refractivity contribution in [3.63, 3.8) is 0 Å². The molecule has 2 aromatic heterocycles. The molecule has 2 heterocycles. The van der Waals surface area contributed by atoms with Crippen LogP contribution in [0.1, 0.15) is 26.0 Å². The lowest BCUT2D eigenvalue weighted by Crippen LogP contribution is -2.39. The van der Waals surface area contributed by atoms with Crippen LogP contribution in [-0.2, 0) is 6.54 Å². The van der Waals surface area contributed by atoms with E-state index in [1.807, 2.05) is 16.0 Å². The number of hydrogen-bond donors (Lipinski definition) is 2. The first kappa shape index (κ1) is 13.3. The Bertz CT molecular complexity index is 518. The van der Waals surface area contributed by atoms with Gasteiger partial charge in [0, 0.05) is 30.3 Å². The minimum absolute atomic E-state index is 0.111. The molecule has 0 spiro atoms. The molecule has 0 saturated carbocycles. The summed E-state index contributed by atoms with van der Waals surface area (Å²) in [6.45, 7) is 4.98. The Morgan fingerprint density at radius 2 is 2.33 bits per heavy atom. The van der Waals surface area contributed by atoms with Crippen molar-refractivity contribution >= 4 is 16.3 Å². The number of aliphatic hydroxyl groups excluding tert-OH is 1. The summed E-state index contributed by atoms with van der Waals surface area (Å²) in [5.74, 6) is 0.661. The fourth-order valence-corrected chi connectivity index (χ4v) is 2.55. The molecule has 0 unspecified atom stereocenters. The number of hydrogen-bond acceptors (Lipinski definition) is 5. The second kappa shape index (κ2) is 5.26. The molecule has 2 rings (SSSR count). The van der Waals surface area contributed by atoms with E-state index in [2.05, 4.69) is 24.1 Å². The maximum atomic E-state index is 9.02. The number of aromatic nitrogens is 2. The SMILES string of the molecule is COc1nc2sccn2c1CNC(C)(C)CCO. The average Bonchev–Trinajstić information content (AvgIpc) is 2.86. The third kappa shape index (κ3) is 2.66. The lowest BCUT2D eigenvalue weighted by Gasteiger charge is -2.25. The number of nitrogens with zero attached hydrogens (tertiary/aromatic N) is 2. The van der Waals surface area contributed by atoms with Crippen LogP contribution in [0.4, 0.5) is 0 Å². The molecule has 5 nitrogen and oxygen atoms in total. The topological polar surface area (TPSA) is 58.8 Å². The molecule has 2 N–H and O–H groups in total. The highest BCUT2D eigenvalue weighted by Gasteiger charge is 2.19. The summed E-state index contributed by atoms with van der Waals surface area (Å²) in [6.07, 6.45) is 2.70. The van der Waals surface area contributed by atoms with Gasteiger partial charge in [0.15, 0.2) is 4.96 Å². The zero-order chi connectivity index (χ0) is 13.2. The van der Waals surface area contributed by atoms with Crippen LogP contribution in [0.3, 0.4) is 0 Å². The predicted octanol–water partition coefficient (Wildman–Crippen LogP) is 1.66. The first-order chi connectivity index (χ1) is 8.57. The van der Waals surface area contributed by atoms with Gasteiger partial charge < -0.3 is 15.2 Å². The molecular weight excluding hydrogens is 250 g/mol. The Hall–Kier alpha value is -1.11. The van der Waals surface area contributed by atoms with E-state index in [-0.39, 0.29) is 12.1 Å². The van der Waals surface area contributed by atoms with Gasteiger partial charge in [-0.25, -0.2) is 0 Å². The number of methoxy groups -OCH3 is 1. The van der Waals surface area contributed by atoms with Crippen LogP contribution in [-0.4, -0.2) is 33.7 Å². The van der Waals surface area contributed by atoms with E-state index >= 15 is 0 Å². The van der Waals surface area contributed by atoms with Crippen molar-refractivity contribution in [1.82, 2.24) is 14.7 Å². The van der Waals surface area contributed by atoms with Gasteiger partial charge in [-0.2, -0.15) is 4.98 Å². The minimum atomic E-state index is -0.111. The molecule has 0 aliphatic carbocycles. The second-order valence-electron chi connectivity index (χ2n) is 4.83. The van der Waals surface area contributed by atoms with E-state index < -0.39 is 0 Å². The highest BCUT2D eigenvalue weighted by Crippen LogP contribution is 2.23. The van der Waals surface area contributed by atoms with Crippen LogP contribution >= 0.6 is 11.3 Å². The molecule has 0 aromatic carbocycles. The van der Waals surface area contributed by atoms with E-state index in [1.165, 1.54) is 0 Å². The van der Waals surface area contributed by atoms with E-state index in [1.54, 1.807) is 18.4 Å². The highest BCUT2D eigenvalue weighted by molar-refractivity contribution is 7.15. The molecule has 0 amide bonds. The molecule has 6 heteroatoms. The quantitative estimate of drug-likeness (QED) is 0.837. The third-order valence-electron chi connectivity index (χ3n) is 2.99. The van der Waals surface area contributed by atoms with Crippen LogP contribution in [0.25, 0.3) is 4.96 Å². The number of rotatable bonds is 6. The van der Waals surface area contributed by atoms with Crippen molar-refractivity contribution in [3.8, 4) is 5.88 Å². The van der Waals surface area contributed by atoms with Crippen LogP contribution in [0.15, 0.2) is 11.6 Å². The smallest absolute Gasteiger partial charge is 0.237 e. The average molecular weight is 269 g/mol. The van der Waals surface area contributed by atoms with Crippen LogP contribution < -0.4 is 10.1 Å². The fourth-order valence-electron chi connectivity index (χ4n) is 1.83. The van der Waals surface area contributed by atoms with Gasteiger partial charge in [0.25, 0.3) is 0 Å². The van der Waals surface area contributed by atoms with Crippen LogP contribution in [0, 0.1) is 0 Å². The van der Waals surface area contributed by atoms with Crippen LogP contribution in [0.5, 0.6) is 5.88 Å². The second-order valence-corrected chi connectivity index (χ2v) is 5.71. The molecule has 0 atom stereocenters. The summed E-state index contributed by atoms with van der Waals surface area (Å²) in [5.41, 5.74) is 0.902. The minimum Gasteiger partial charge on any atom is -0.480 e. The standard InChI is InChI=1S/C12H19N3O2S/c1-12(2,4-6-16)13-8-9-10(17-3)14-11-15(9)5-7-18-11/h5,7,13,16H,4,6,8H2,1-3H3. The van der Waals surface area contributed by atoms with Gasteiger partial charge in [-0.05, 0) is 20.3 Å². The van der Waals surface area contributed by atoms with Crippen molar-refractivity contribution in [2.75, 3.05) is 13.7 Å². The van der Waals surface area contributed by atoms with Crippen molar-refractivity contribution in [2.24, 2.45) is 0 Å². The van der Waals surface area contributed by atoms with E-state index in [0.717, 1.165) is 10.7 Å². The molecule has 0 bridgehead atoms. The Labute approximate surface area is 110 Å². The van der Waals surface area contributed by atoms with Crippen molar-refractivity contribution in [1.29, 1.82) is 0 Å². The summed E-state index contributed by atoms with van der Waals surface area (Å²) >= 11 is 1.59. The normalized spacial score (nSPS) is 12.2. The van der Waals surface area contributed by atoms with Crippen molar-refractivity contribution in [2.45, 2.75) is 32.4 Å². The van der Waals surface area contributed by atoms with Crippen LogP contribution in [0.2, 0.25) is 0 Å². The van der Waals surface area contributed by atoms with Gasteiger partial charge >= 0.3 is 0 Å². The maximum Gasteiger partial charge on any atom is 0.237 e. The van der Waals surface area contributed by atoms with E-state index in [9.17, 15) is 0 Å². The summed E-state index contributed by atoms with van der Waals surface area (Å²) in [6, 6.07) is 0. The lowest BCUT2D eigenvalue weighted by molar-refractivity contribution is 0.229. The van der Waals surface area contributed by atoms with Gasteiger partial charge in [-0.15, -0.1) is 11.3 Å². The molecule has 100 valence electrons. The molecule has 0 aliphatic heterocycles. The monoisotopic (exact) mass is 269 g/mol. The zero-order valence-corrected chi connectivity index (χ0v) is 11.8. The Balaban J connectivity index is 2.17. The summed E-state index contributed by atoms with van der Waals surface area (Å²) in [4.78, 5) is 5.34. The first-order valence-corrected chi connectivity index (χ1v) is 6.79. The molecule has 18 heavy (non-hydrogen) atoms. The number of fused-ring (bicyclic) bond motifs is 1. The van der Waals surface area contributed by atoms with Gasteiger partial charge in [-0.3, -0.25) is 4.40 Å². The maximum absolute atomic E-state index is 9.02. The molecule has 0 saturated heterocycles. The Kier molecular flexibility index (Phi) is 3.89. The molecular formula is C12H19N3O2S. The van der Waals surface area contributed by atoms with Gasteiger partial charge in [0.1, 0.15) is 5.69 Å². The summed E-state index contributed by atoms with van der Waals surface area (Å²) < 4.78 is 7.33. The summed E-state index contributed by atoms with van der Waals surface area (Å²) in [5, 5.41) is 14.4. The van der Waals surface area contributed by atoms with E-state index in [0.29, 0.717) is 18.8 Å². The number of imidazole rings is 1.